The van der Waals surface area contributed by atoms with Gasteiger partial charge in [-0.25, -0.2) is 13.2 Å². The number of hydrogen-bond donors (Lipinski definition) is 2. The standard InChI is InChI=1S/C22H20F3N3O/c1-22(2)10-16-18(17(29)11-22)20(27-14-5-3-4-13(23)9-14)19(28-16)12-6-7-26-15(8-12)21(24)25/h3-9,21,27-28H,10-11H2,1-2H3. The molecule has 0 aliphatic heterocycles. The van der Waals surface area contributed by atoms with Crippen molar-refractivity contribution < 1.29 is 18.0 Å². The van der Waals surface area contributed by atoms with Gasteiger partial charge in [0.25, 0.3) is 6.43 Å². The van der Waals surface area contributed by atoms with Crippen molar-refractivity contribution in [1.82, 2.24) is 9.97 Å². The zero-order chi connectivity index (χ0) is 20.8. The van der Waals surface area contributed by atoms with Crippen molar-refractivity contribution in [1.29, 1.82) is 0 Å². The van der Waals surface area contributed by atoms with E-state index in [1.807, 2.05) is 13.8 Å². The third-order valence-corrected chi connectivity index (χ3v) is 5.04. The summed E-state index contributed by atoms with van der Waals surface area (Å²) in [6.45, 7) is 4.02. The molecule has 3 aromatic rings. The minimum Gasteiger partial charge on any atom is -0.356 e. The average molecular weight is 399 g/mol. The summed E-state index contributed by atoms with van der Waals surface area (Å²) in [6, 6.07) is 8.79. The van der Waals surface area contributed by atoms with E-state index in [-0.39, 0.29) is 16.9 Å². The highest BCUT2D eigenvalue weighted by Gasteiger charge is 2.35. The number of pyridine rings is 1. The van der Waals surface area contributed by atoms with Crippen LogP contribution in [0.4, 0.5) is 24.5 Å². The van der Waals surface area contributed by atoms with Crippen molar-refractivity contribution in [2.45, 2.75) is 33.1 Å². The van der Waals surface area contributed by atoms with Gasteiger partial charge in [0, 0.05) is 29.6 Å². The zero-order valence-electron chi connectivity index (χ0n) is 16.0. The van der Waals surface area contributed by atoms with Crippen molar-refractivity contribution in [3.63, 3.8) is 0 Å². The van der Waals surface area contributed by atoms with Crippen LogP contribution >= 0.6 is 0 Å². The van der Waals surface area contributed by atoms with Crippen molar-refractivity contribution in [2.75, 3.05) is 5.32 Å². The lowest BCUT2D eigenvalue weighted by atomic mass is 9.76. The van der Waals surface area contributed by atoms with E-state index in [0.29, 0.717) is 41.0 Å². The van der Waals surface area contributed by atoms with E-state index in [9.17, 15) is 18.0 Å². The number of aromatic nitrogens is 2. The van der Waals surface area contributed by atoms with E-state index in [0.717, 1.165) is 5.69 Å². The lowest BCUT2D eigenvalue weighted by molar-refractivity contribution is 0.0912. The number of ketones is 1. The molecule has 7 heteroatoms. The minimum absolute atomic E-state index is 0.0409. The number of anilines is 2. The smallest absolute Gasteiger partial charge is 0.280 e. The third-order valence-electron chi connectivity index (χ3n) is 5.04. The van der Waals surface area contributed by atoms with Gasteiger partial charge in [-0.1, -0.05) is 19.9 Å². The molecule has 4 nitrogen and oxygen atoms in total. The van der Waals surface area contributed by atoms with Gasteiger partial charge < -0.3 is 10.3 Å². The highest BCUT2D eigenvalue weighted by molar-refractivity contribution is 6.07. The third kappa shape index (κ3) is 3.77. The Hall–Kier alpha value is -3.09. The first kappa shape index (κ1) is 19.2. The Morgan fingerprint density at radius 2 is 1.97 bits per heavy atom. The van der Waals surface area contributed by atoms with Gasteiger partial charge in [0.15, 0.2) is 5.78 Å². The van der Waals surface area contributed by atoms with Crippen LogP contribution in [0.15, 0.2) is 42.6 Å². The van der Waals surface area contributed by atoms with E-state index in [1.54, 1.807) is 18.2 Å². The van der Waals surface area contributed by atoms with E-state index in [1.165, 1.54) is 24.4 Å². The fourth-order valence-electron chi connectivity index (χ4n) is 3.83. The molecular formula is C22H20F3N3O. The quantitative estimate of drug-likeness (QED) is 0.561. The predicted octanol–water partition coefficient (Wildman–Crippen LogP) is 6.05. The second-order valence-corrected chi connectivity index (χ2v) is 8.07. The summed E-state index contributed by atoms with van der Waals surface area (Å²) >= 11 is 0. The van der Waals surface area contributed by atoms with Gasteiger partial charge >= 0.3 is 0 Å². The first-order chi connectivity index (χ1) is 13.7. The SMILES string of the molecule is CC1(C)CC(=O)c2c([nH]c(-c3ccnc(C(F)F)c3)c2Nc2cccc(F)c2)C1. The van der Waals surface area contributed by atoms with Gasteiger partial charge in [0.05, 0.1) is 16.9 Å². The Bertz CT molecular complexity index is 1090. The van der Waals surface area contributed by atoms with Gasteiger partial charge in [0.1, 0.15) is 11.5 Å². The van der Waals surface area contributed by atoms with Crippen LogP contribution in [0, 0.1) is 11.2 Å². The van der Waals surface area contributed by atoms with Crippen molar-refractivity contribution in [3.8, 4) is 11.3 Å². The summed E-state index contributed by atoms with van der Waals surface area (Å²) in [4.78, 5) is 19.9. The highest BCUT2D eigenvalue weighted by Crippen LogP contribution is 2.43. The van der Waals surface area contributed by atoms with Gasteiger partial charge in [-0.2, -0.15) is 0 Å². The molecule has 0 amide bonds. The van der Waals surface area contributed by atoms with Crippen LogP contribution in [0.2, 0.25) is 0 Å². The molecule has 2 heterocycles. The number of nitrogens with one attached hydrogen (secondary N) is 2. The fourth-order valence-corrected chi connectivity index (χ4v) is 3.83. The van der Waals surface area contributed by atoms with Crippen LogP contribution in [0.3, 0.4) is 0 Å². The first-order valence-corrected chi connectivity index (χ1v) is 9.28. The van der Waals surface area contributed by atoms with Crippen LogP contribution in [-0.4, -0.2) is 15.8 Å². The normalized spacial score (nSPS) is 15.4. The fraction of sp³-hybridized carbons (Fsp3) is 0.273. The zero-order valence-corrected chi connectivity index (χ0v) is 16.0. The van der Waals surface area contributed by atoms with Gasteiger partial charge in [0.2, 0.25) is 0 Å². The van der Waals surface area contributed by atoms with Crippen LogP contribution < -0.4 is 5.32 Å². The Morgan fingerprint density at radius 1 is 1.17 bits per heavy atom. The van der Waals surface area contributed by atoms with E-state index in [2.05, 4.69) is 15.3 Å². The number of fused-ring (bicyclic) bond motifs is 1. The lowest BCUT2D eigenvalue weighted by Gasteiger charge is -2.28. The van der Waals surface area contributed by atoms with Crippen molar-refractivity contribution in [2.24, 2.45) is 5.41 Å². The maximum Gasteiger partial charge on any atom is 0.280 e. The molecule has 0 radical (unpaired) electrons. The van der Waals surface area contributed by atoms with E-state index >= 15 is 0 Å². The molecular weight excluding hydrogens is 379 g/mol. The monoisotopic (exact) mass is 399 g/mol. The molecule has 1 aromatic carbocycles. The number of H-pyrrole nitrogens is 1. The largest absolute Gasteiger partial charge is 0.356 e. The predicted molar refractivity (Wildman–Crippen MR) is 105 cm³/mol. The molecule has 150 valence electrons. The highest BCUT2D eigenvalue weighted by atomic mass is 19.3. The first-order valence-electron chi connectivity index (χ1n) is 9.28. The molecule has 4 rings (SSSR count). The van der Waals surface area contributed by atoms with Crippen LogP contribution in [0.5, 0.6) is 0 Å². The molecule has 1 aliphatic rings. The Kier molecular flexibility index (Phi) is 4.68. The Morgan fingerprint density at radius 3 is 2.69 bits per heavy atom. The number of benzene rings is 1. The van der Waals surface area contributed by atoms with Crippen molar-refractivity contribution >= 4 is 17.2 Å². The number of halogens is 3. The molecule has 0 spiro atoms. The molecule has 0 saturated heterocycles. The number of nitrogens with zero attached hydrogens (tertiary/aromatic N) is 1. The van der Waals surface area contributed by atoms with E-state index in [4.69, 9.17) is 0 Å². The molecule has 2 aromatic heterocycles. The van der Waals surface area contributed by atoms with Gasteiger partial charge in [-0.3, -0.25) is 9.78 Å². The number of alkyl halides is 2. The second kappa shape index (κ2) is 7.06. The number of carbonyl (C=O) groups excluding carboxylic acids is 1. The summed E-state index contributed by atoms with van der Waals surface area (Å²) in [5, 5.41) is 3.13. The summed E-state index contributed by atoms with van der Waals surface area (Å²) in [5.74, 6) is -0.460. The summed E-state index contributed by atoms with van der Waals surface area (Å²) in [6.07, 6.45) is -0.388. The number of carbonyl (C=O) groups is 1. The van der Waals surface area contributed by atoms with Crippen LogP contribution in [0.25, 0.3) is 11.3 Å². The van der Waals surface area contributed by atoms with Crippen molar-refractivity contribution in [3.05, 3.63) is 65.4 Å². The second-order valence-electron chi connectivity index (χ2n) is 8.07. The molecule has 2 N–H and O–H groups in total. The Labute approximate surface area is 166 Å². The maximum absolute atomic E-state index is 13.7. The summed E-state index contributed by atoms with van der Waals surface area (Å²) in [5.41, 5.74) is 2.61. The molecule has 0 atom stereocenters. The van der Waals surface area contributed by atoms with Gasteiger partial charge in [-0.05, 0) is 42.2 Å². The van der Waals surface area contributed by atoms with E-state index < -0.39 is 12.2 Å². The average Bonchev–Trinajstić information content (AvgIpc) is 2.99. The molecule has 0 unspecified atom stereocenters. The number of rotatable bonds is 4. The minimum atomic E-state index is -2.71. The molecule has 29 heavy (non-hydrogen) atoms. The van der Waals surface area contributed by atoms with Crippen LogP contribution in [0.1, 0.15) is 48.4 Å². The topological polar surface area (TPSA) is 57.8 Å². The number of aromatic amines is 1. The number of Topliss-reactive ketones (excluding diaryl/α,β-unsaturated/α-hetero) is 1. The van der Waals surface area contributed by atoms with Gasteiger partial charge in [-0.15, -0.1) is 0 Å². The van der Waals surface area contributed by atoms with Crippen LogP contribution in [-0.2, 0) is 6.42 Å². The number of hydrogen-bond acceptors (Lipinski definition) is 3. The molecule has 0 fully saturated rings. The Balaban J connectivity index is 1.88. The lowest BCUT2D eigenvalue weighted by Crippen LogP contribution is -2.26. The molecule has 0 saturated carbocycles. The molecule has 0 bridgehead atoms. The summed E-state index contributed by atoms with van der Waals surface area (Å²) in [7, 11) is 0. The maximum atomic E-state index is 13.7. The molecule has 1 aliphatic carbocycles. The summed E-state index contributed by atoms with van der Waals surface area (Å²) < 4.78 is 40.0.